The Kier molecular flexibility index (Phi) is 6.98. The highest BCUT2D eigenvalue weighted by molar-refractivity contribution is 7.89. The fraction of sp³-hybridized carbons (Fsp3) is 0.333. The normalized spacial score (nSPS) is 16.0. The van der Waals surface area contributed by atoms with Crippen LogP contribution in [0, 0.1) is 0 Å². The van der Waals surface area contributed by atoms with Crippen LogP contribution in [0.1, 0.15) is 29.7 Å². The number of carbonyl (C=O) groups is 2. The molecule has 1 saturated heterocycles. The van der Waals surface area contributed by atoms with Crippen LogP contribution in [0.2, 0.25) is 0 Å². The number of hydrogen-bond donors (Lipinski definition) is 2. The highest BCUT2D eigenvalue weighted by Gasteiger charge is 2.31. The second-order valence-corrected chi connectivity index (χ2v) is 9.28. The third-order valence-electron chi connectivity index (χ3n) is 5.29. The van der Waals surface area contributed by atoms with E-state index in [9.17, 15) is 31.2 Å². The molecule has 2 aromatic rings. The van der Waals surface area contributed by atoms with Gasteiger partial charge >= 0.3 is 12.2 Å². The molecule has 178 valence electrons. The molecule has 0 saturated carbocycles. The summed E-state index contributed by atoms with van der Waals surface area (Å²) in [5.74, 6) is -0.333. The van der Waals surface area contributed by atoms with Gasteiger partial charge in [0.05, 0.1) is 16.5 Å². The number of hydrogen-bond acceptors (Lipinski definition) is 4. The van der Waals surface area contributed by atoms with Gasteiger partial charge in [-0.3, -0.25) is 4.79 Å². The molecule has 12 heteroatoms. The average molecular weight is 485 g/mol. The zero-order chi connectivity index (χ0) is 24.4. The molecule has 8 nitrogen and oxygen atoms in total. The number of carbonyl (C=O) groups excluding carboxylic acids is 2. The minimum atomic E-state index is -4.43. The first-order valence-corrected chi connectivity index (χ1v) is 11.5. The van der Waals surface area contributed by atoms with Crippen molar-refractivity contribution in [3.05, 3.63) is 65.2 Å². The first kappa shape index (κ1) is 24.5. The molecule has 3 rings (SSSR count). The van der Waals surface area contributed by atoms with Crippen LogP contribution >= 0.6 is 0 Å². The summed E-state index contributed by atoms with van der Waals surface area (Å²) in [7, 11) is -3.89. The van der Waals surface area contributed by atoms with Crippen molar-refractivity contribution in [2.45, 2.75) is 30.6 Å². The number of sulfonamides is 1. The van der Waals surface area contributed by atoms with Crippen molar-refractivity contribution in [1.82, 2.24) is 15.1 Å². The summed E-state index contributed by atoms with van der Waals surface area (Å²) in [6.07, 6.45) is -4.43. The Hall–Kier alpha value is -3.12. The number of piperazine rings is 1. The largest absolute Gasteiger partial charge is 0.416 e. The number of nitrogens with two attached hydrogens (primary N) is 1. The Morgan fingerprint density at radius 1 is 1.15 bits per heavy atom. The first-order valence-electron chi connectivity index (χ1n) is 9.97. The molecule has 3 N–H and O–H groups in total. The van der Waals surface area contributed by atoms with E-state index in [-0.39, 0.29) is 37.0 Å². The van der Waals surface area contributed by atoms with Crippen LogP contribution < -0.4 is 10.5 Å². The highest BCUT2D eigenvalue weighted by Crippen LogP contribution is 2.29. The molecule has 1 aliphatic heterocycles. The van der Waals surface area contributed by atoms with Gasteiger partial charge in [0.1, 0.15) is 6.54 Å². The molecule has 1 unspecified atom stereocenters. The van der Waals surface area contributed by atoms with Crippen molar-refractivity contribution in [1.29, 1.82) is 0 Å². The molecular weight excluding hydrogens is 461 g/mol. The molecular formula is C21H23F3N4O4S. The van der Waals surface area contributed by atoms with Crippen LogP contribution in [0.5, 0.6) is 0 Å². The molecule has 0 bridgehead atoms. The maximum atomic E-state index is 12.7. The zero-order valence-electron chi connectivity index (χ0n) is 17.7. The number of nitrogens with one attached hydrogen (secondary N) is 1. The lowest BCUT2D eigenvalue weighted by Gasteiger charge is -2.35. The highest BCUT2D eigenvalue weighted by atomic mass is 32.2. The lowest BCUT2D eigenvalue weighted by molar-refractivity contribution is -0.138. The van der Waals surface area contributed by atoms with Crippen molar-refractivity contribution in [3.63, 3.8) is 0 Å². The van der Waals surface area contributed by atoms with Crippen molar-refractivity contribution in [2.24, 2.45) is 5.14 Å². The van der Waals surface area contributed by atoms with Crippen LogP contribution in [0.25, 0.3) is 0 Å². The topological polar surface area (TPSA) is 113 Å². The van der Waals surface area contributed by atoms with Gasteiger partial charge in [-0.15, -0.1) is 0 Å². The van der Waals surface area contributed by atoms with E-state index in [1.165, 1.54) is 40.1 Å². The number of urea groups is 1. The average Bonchev–Trinajstić information content (AvgIpc) is 2.74. The lowest BCUT2D eigenvalue weighted by atomic mass is 10.1. The van der Waals surface area contributed by atoms with Gasteiger partial charge in [-0.05, 0) is 42.3 Å². The molecule has 1 atom stereocenters. The van der Waals surface area contributed by atoms with Gasteiger partial charge in [-0.25, -0.2) is 18.4 Å². The Bertz CT molecular complexity index is 1140. The van der Waals surface area contributed by atoms with Crippen LogP contribution in [-0.2, 0) is 27.5 Å². The van der Waals surface area contributed by atoms with Crippen LogP contribution in [-0.4, -0.2) is 49.8 Å². The standard InChI is InChI=1S/C21H23F3N4O4S/c1-14(16-3-2-4-18(11-16)33(25,31)32)26-20(30)28-10-9-27(19(29)13-28)12-15-5-7-17(8-6-15)21(22,23)24/h2-8,11,14H,9-10,12-13H2,1H3,(H,26,30)(H2,25,31,32). The summed E-state index contributed by atoms with van der Waals surface area (Å²) in [6.45, 7) is 2.09. The van der Waals surface area contributed by atoms with E-state index in [1.807, 2.05) is 0 Å². The van der Waals surface area contributed by atoms with Gasteiger partial charge in [-0.1, -0.05) is 24.3 Å². The van der Waals surface area contributed by atoms with Crippen molar-refractivity contribution in [3.8, 4) is 0 Å². The van der Waals surface area contributed by atoms with Crippen LogP contribution in [0.3, 0.4) is 0 Å². The lowest BCUT2D eigenvalue weighted by Crippen LogP contribution is -2.54. The molecule has 1 aliphatic rings. The third kappa shape index (κ3) is 6.23. The van der Waals surface area contributed by atoms with Crippen LogP contribution in [0.15, 0.2) is 53.4 Å². The van der Waals surface area contributed by atoms with Gasteiger partial charge in [-0.2, -0.15) is 13.2 Å². The second kappa shape index (κ2) is 9.40. The number of halogens is 3. The smallest absolute Gasteiger partial charge is 0.335 e. The monoisotopic (exact) mass is 484 g/mol. The number of rotatable bonds is 5. The van der Waals surface area contributed by atoms with E-state index in [1.54, 1.807) is 13.0 Å². The predicted molar refractivity (Wildman–Crippen MR) is 113 cm³/mol. The maximum Gasteiger partial charge on any atom is 0.416 e. The molecule has 1 fully saturated rings. The Morgan fingerprint density at radius 2 is 1.82 bits per heavy atom. The van der Waals surface area contributed by atoms with E-state index in [2.05, 4.69) is 5.32 Å². The Balaban J connectivity index is 1.57. The number of alkyl halides is 3. The fourth-order valence-corrected chi connectivity index (χ4v) is 3.96. The van der Waals surface area contributed by atoms with E-state index in [4.69, 9.17) is 5.14 Å². The number of benzene rings is 2. The molecule has 0 aliphatic carbocycles. The summed E-state index contributed by atoms with van der Waals surface area (Å²) in [6, 6.07) is 9.43. The molecule has 0 radical (unpaired) electrons. The van der Waals surface area contributed by atoms with Gasteiger partial charge in [0.15, 0.2) is 0 Å². The quantitative estimate of drug-likeness (QED) is 0.679. The summed E-state index contributed by atoms with van der Waals surface area (Å²) in [5.41, 5.74) is 0.322. The van der Waals surface area contributed by atoms with Gasteiger partial charge in [0, 0.05) is 19.6 Å². The van der Waals surface area contributed by atoms with E-state index < -0.39 is 33.8 Å². The predicted octanol–water partition coefficient (Wildman–Crippen LogP) is 2.47. The first-order chi connectivity index (χ1) is 15.3. The van der Waals surface area contributed by atoms with Crippen LogP contribution in [0.4, 0.5) is 18.0 Å². The fourth-order valence-electron chi connectivity index (χ4n) is 3.39. The number of nitrogens with zero attached hydrogens (tertiary/aromatic N) is 2. The SMILES string of the molecule is CC(NC(=O)N1CCN(Cc2ccc(C(F)(F)F)cc2)C(=O)C1)c1cccc(S(N)(=O)=O)c1. The van der Waals surface area contributed by atoms with Crippen molar-refractivity contribution >= 4 is 22.0 Å². The summed E-state index contributed by atoms with van der Waals surface area (Å²) >= 11 is 0. The Morgan fingerprint density at radius 3 is 2.39 bits per heavy atom. The van der Waals surface area contributed by atoms with E-state index >= 15 is 0 Å². The molecule has 33 heavy (non-hydrogen) atoms. The van der Waals surface area contributed by atoms with Gasteiger partial charge in [0.2, 0.25) is 15.9 Å². The third-order valence-corrected chi connectivity index (χ3v) is 6.20. The van der Waals surface area contributed by atoms with Crippen molar-refractivity contribution in [2.75, 3.05) is 19.6 Å². The minimum absolute atomic E-state index is 0.0758. The summed E-state index contributed by atoms with van der Waals surface area (Å²) in [4.78, 5) is 27.8. The molecule has 2 aromatic carbocycles. The molecule has 0 aromatic heterocycles. The molecule has 3 amide bonds. The number of amides is 3. The second-order valence-electron chi connectivity index (χ2n) is 7.72. The van der Waals surface area contributed by atoms with Gasteiger partial charge < -0.3 is 15.1 Å². The van der Waals surface area contributed by atoms with E-state index in [0.717, 1.165) is 12.1 Å². The molecule has 0 spiro atoms. The summed E-state index contributed by atoms with van der Waals surface area (Å²) in [5, 5.41) is 7.86. The van der Waals surface area contributed by atoms with Crippen molar-refractivity contribution < 1.29 is 31.2 Å². The maximum absolute atomic E-state index is 12.7. The summed E-state index contributed by atoms with van der Waals surface area (Å²) < 4.78 is 61.1. The molecule has 1 heterocycles. The minimum Gasteiger partial charge on any atom is -0.335 e. The van der Waals surface area contributed by atoms with Gasteiger partial charge in [0.25, 0.3) is 0 Å². The zero-order valence-corrected chi connectivity index (χ0v) is 18.5. The Labute approximate surface area is 189 Å². The van der Waals surface area contributed by atoms with E-state index in [0.29, 0.717) is 11.1 Å². The number of primary sulfonamides is 1.